The fraction of sp³-hybridized carbons (Fsp3) is 0.579. The molecule has 27 heavy (non-hydrogen) atoms. The molecule has 148 valence electrons. The van der Waals surface area contributed by atoms with Crippen LogP contribution in [-0.2, 0) is 10.0 Å². The lowest BCUT2D eigenvalue weighted by Crippen LogP contribution is -2.52. The van der Waals surface area contributed by atoms with Crippen LogP contribution in [-0.4, -0.2) is 26.8 Å². The molecule has 1 fully saturated rings. The molecule has 8 heteroatoms. The van der Waals surface area contributed by atoms with E-state index >= 15 is 0 Å². The van der Waals surface area contributed by atoms with Crippen molar-refractivity contribution in [2.75, 3.05) is 6.26 Å². The van der Waals surface area contributed by atoms with E-state index in [1.54, 1.807) is 6.08 Å². The Morgan fingerprint density at radius 3 is 2.33 bits per heavy atom. The van der Waals surface area contributed by atoms with Crippen molar-refractivity contribution in [2.45, 2.75) is 45.7 Å². The number of hydrogen-bond donors (Lipinski definition) is 1. The van der Waals surface area contributed by atoms with Gasteiger partial charge in [-0.3, -0.25) is 0 Å². The van der Waals surface area contributed by atoms with Crippen LogP contribution >= 0.6 is 0 Å². The highest BCUT2D eigenvalue weighted by Crippen LogP contribution is 2.46. The standard InChI is InChI=1S/C19H25F2N3O2S/c1-19(2,3)12-8-9-15(24-27(4,25)26)18-11(12)10-16(22-23-18)17-13(20)6-5-7-14(17)21/h5-7,10-12,15,18,24H,8-9H2,1-4H3/t11?,12-,15?,18?/m0/s1. The second-order valence-corrected chi connectivity index (χ2v) is 10.3. The molecule has 0 aromatic heterocycles. The van der Waals surface area contributed by atoms with Gasteiger partial charge in [-0.05, 0) is 36.3 Å². The van der Waals surface area contributed by atoms with Crippen molar-refractivity contribution in [3.8, 4) is 0 Å². The van der Waals surface area contributed by atoms with Gasteiger partial charge >= 0.3 is 0 Å². The van der Waals surface area contributed by atoms with Crippen LogP contribution in [0.5, 0.6) is 0 Å². The maximum absolute atomic E-state index is 14.2. The van der Waals surface area contributed by atoms with E-state index in [0.717, 1.165) is 12.7 Å². The Kier molecular flexibility index (Phi) is 5.24. The minimum atomic E-state index is -3.40. The Labute approximate surface area is 159 Å². The zero-order valence-electron chi connectivity index (χ0n) is 15.9. The average Bonchev–Trinajstić information content (AvgIpc) is 2.52. The van der Waals surface area contributed by atoms with Crippen LogP contribution in [0.1, 0.15) is 39.2 Å². The molecule has 5 nitrogen and oxygen atoms in total. The van der Waals surface area contributed by atoms with E-state index in [2.05, 4.69) is 35.7 Å². The van der Waals surface area contributed by atoms with Gasteiger partial charge < -0.3 is 0 Å². The molecule has 1 aliphatic heterocycles. The number of halogens is 2. The summed E-state index contributed by atoms with van der Waals surface area (Å²) in [6.45, 7) is 6.34. The summed E-state index contributed by atoms with van der Waals surface area (Å²) in [4.78, 5) is 0. The molecular weight excluding hydrogens is 372 g/mol. The van der Waals surface area contributed by atoms with Crippen LogP contribution in [0.15, 0.2) is 34.5 Å². The number of nitrogens with zero attached hydrogens (tertiary/aromatic N) is 2. The Morgan fingerprint density at radius 1 is 1.15 bits per heavy atom. The number of rotatable bonds is 3. The lowest BCUT2D eigenvalue weighted by molar-refractivity contribution is 0.102. The first-order chi connectivity index (χ1) is 12.5. The molecule has 1 heterocycles. The molecule has 0 bridgehead atoms. The van der Waals surface area contributed by atoms with E-state index in [1.165, 1.54) is 18.2 Å². The first kappa shape index (κ1) is 20.1. The minimum absolute atomic E-state index is 0.0682. The van der Waals surface area contributed by atoms with Gasteiger partial charge in [0.15, 0.2) is 0 Å². The lowest BCUT2D eigenvalue weighted by atomic mass is 9.63. The molecule has 1 N–H and O–H groups in total. The summed E-state index contributed by atoms with van der Waals surface area (Å²) in [5, 5.41) is 8.39. The highest BCUT2D eigenvalue weighted by Gasteiger charge is 2.45. The number of benzene rings is 1. The molecule has 3 unspecified atom stereocenters. The lowest BCUT2D eigenvalue weighted by Gasteiger charge is -2.46. The monoisotopic (exact) mass is 397 g/mol. The number of azo groups is 1. The van der Waals surface area contributed by atoms with E-state index in [-0.39, 0.29) is 34.6 Å². The summed E-state index contributed by atoms with van der Waals surface area (Å²) >= 11 is 0. The number of fused-ring (bicyclic) bond motifs is 1. The SMILES string of the molecule is CC(C)(C)[C@H]1CCC(NS(C)(=O)=O)C2N=NC(c3c(F)cccc3F)=CC21. The van der Waals surface area contributed by atoms with Gasteiger partial charge in [0, 0.05) is 12.0 Å². The van der Waals surface area contributed by atoms with Crippen molar-refractivity contribution >= 4 is 15.7 Å². The molecule has 0 saturated heterocycles. The van der Waals surface area contributed by atoms with Crippen molar-refractivity contribution in [1.29, 1.82) is 0 Å². The maximum Gasteiger partial charge on any atom is 0.209 e. The number of sulfonamides is 1. The van der Waals surface area contributed by atoms with Gasteiger partial charge in [-0.2, -0.15) is 10.2 Å². The molecule has 1 aliphatic carbocycles. The zero-order chi connectivity index (χ0) is 20.0. The first-order valence-electron chi connectivity index (χ1n) is 9.02. The van der Waals surface area contributed by atoms with Gasteiger partial charge in [0.25, 0.3) is 0 Å². The van der Waals surface area contributed by atoms with Crippen LogP contribution < -0.4 is 4.72 Å². The van der Waals surface area contributed by atoms with E-state index in [9.17, 15) is 17.2 Å². The maximum atomic E-state index is 14.2. The molecule has 3 rings (SSSR count). The van der Waals surface area contributed by atoms with Gasteiger partial charge in [0.2, 0.25) is 10.0 Å². The number of nitrogens with one attached hydrogen (secondary N) is 1. The van der Waals surface area contributed by atoms with Crippen molar-refractivity contribution in [3.05, 3.63) is 41.5 Å². The highest BCUT2D eigenvalue weighted by atomic mass is 32.2. The van der Waals surface area contributed by atoms with Crippen molar-refractivity contribution in [3.63, 3.8) is 0 Å². The molecule has 0 radical (unpaired) electrons. The molecule has 4 atom stereocenters. The van der Waals surface area contributed by atoms with Crippen LogP contribution in [0.25, 0.3) is 5.70 Å². The second kappa shape index (κ2) is 7.05. The Bertz CT molecular complexity index is 870. The second-order valence-electron chi connectivity index (χ2n) is 8.48. The Hall–Kier alpha value is -1.67. The molecule has 1 aromatic rings. The fourth-order valence-corrected chi connectivity index (χ4v) is 5.04. The summed E-state index contributed by atoms with van der Waals surface area (Å²) in [6, 6.07) is 2.92. The molecule has 0 amide bonds. The predicted octanol–water partition coefficient (Wildman–Crippen LogP) is 4.13. The summed E-state index contributed by atoms with van der Waals surface area (Å²) in [6.07, 6.45) is 4.32. The smallest absolute Gasteiger partial charge is 0.209 e. The van der Waals surface area contributed by atoms with Crippen molar-refractivity contribution < 1.29 is 17.2 Å². The summed E-state index contributed by atoms with van der Waals surface area (Å²) in [5.41, 5.74) is -0.0898. The van der Waals surface area contributed by atoms with Crippen LogP contribution in [0, 0.1) is 28.9 Å². The fourth-order valence-electron chi connectivity index (χ4n) is 4.24. The van der Waals surface area contributed by atoms with Crippen LogP contribution in [0.3, 0.4) is 0 Å². The molecular formula is C19H25F2N3O2S. The third-order valence-corrected chi connectivity index (χ3v) is 6.14. The van der Waals surface area contributed by atoms with E-state index in [4.69, 9.17) is 0 Å². The van der Waals surface area contributed by atoms with Gasteiger partial charge in [0.05, 0.1) is 23.6 Å². The quantitative estimate of drug-likeness (QED) is 0.833. The topological polar surface area (TPSA) is 70.9 Å². The van der Waals surface area contributed by atoms with Crippen LogP contribution in [0.2, 0.25) is 0 Å². The normalized spacial score (nSPS) is 28.6. The minimum Gasteiger partial charge on any atom is -0.213 e. The van der Waals surface area contributed by atoms with Gasteiger partial charge in [-0.1, -0.05) is 32.9 Å². The Balaban J connectivity index is 2.03. The van der Waals surface area contributed by atoms with Gasteiger partial charge in [0.1, 0.15) is 11.6 Å². The van der Waals surface area contributed by atoms with Crippen molar-refractivity contribution in [1.82, 2.24) is 4.72 Å². The van der Waals surface area contributed by atoms with Gasteiger partial charge in [-0.15, -0.1) is 0 Å². The summed E-state index contributed by atoms with van der Waals surface area (Å²) in [5.74, 6) is -1.35. The summed E-state index contributed by atoms with van der Waals surface area (Å²) < 4.78 is 54.5. The molecule has 0 spiro atoms. The first-order valence-corrected chi connectivity index (χ1v) is 10.9. The predicted molar refractivity (Wildman–Crippen MR) is 100 cm³/mol. The highest BCUT2D eigenvalue weighted by molar-refractivity contribution is 7.88. The van der Waals surface area contributed by atoms with Gasteiger partial charge in [-0.25, -0.2) is 21.9 Å². The number of hydrogen-bond acceptors (Lipinski definition) is 4. The molecule has 1 aromatic carbocycles. The van der Waals surface area contributed by atoms with Crippen LogP contribution in [0.4, 0.5) is 8.78 Å². The Morgan fingerprint density at radius 2 is 1.78 bits per heavy atom. The average molecular weight is 397 g/mol. The third kappa shape index (κ3) is 4.27. The summed E-state index contributed by atoms with van der Waals surface area (Å²) in [7, 11) is -3.40. The van der Waals surface area contributed by atoms with Crippen molar-refractivity contribution in [2.24, 2.45) is 27.5 Å². The van der Waals surface area contributed by atoms with E-state index in [0.29, 0.717) is 6.42 Å². The van der Waals surface area contributed by atoms with E-state index in [1.807, 2.05) is 0 Å². The zero-order valence-corrected chi connectivity index (χ0v) is 16.7. The largest absolute Gasteiger partial charge is 0.213 e. The third-order valence-electron chi connectivity index (χ3n) is 5.41. The van der Waals surface area contributed by atoms with E-state index < -0.39 is 27.7 Å². The molecule has 1 saturated carbocycles. The molecule has 2 aliphatic rings.